The van der Waals surface area contributed by atoms with Crippen LogP contribution in [-0.4, -0.2) is 55.7 Å². The number of rotatable bonds is 0. The molecule has 0 aromatic heterocycles. The molecule has 0 saturated heterocycles. The maximum atomic E-state index is 0. The van der Waals surface area contributed by atoms with Crippen molar-refractivity contribution >= 4 is 17.4 Å². The van der Waals surface area contributed by atoms with E-state index in [9.17, 15) is 0 Å². The Balaban J connectivity index is 0. The van der Waals surface area contributed by atoms with Crippen LogP contribution >= 0.6 is 0 Å². The van der Waals surface area contributed by atoms with E-state index in [-0.39, 0.29) is 89.5 Å². The third-order valence-electron chi connectivity index (χ3n) is 0. The Morgan fingerprint density at radius 1 is 0.400 bits per heavy atom. The molecule has 0 rings (SSSR count). The van der Waals surface area contributed by atoms with E-state index < -0.39 is 0 Å². The molecule has 0 atom stereocenters. The van der Waals surface area contributed by atoms with Gasteiger partial charge in [-0.1, -0.05) is 0 Å². The first kappa shape index (κ1) is 729. The second-order valence-corrected chi connectivity index (χ2v) is 0. The molecule has 1 radical (unpaired) electrons. The molecule has 69 valence electrons. The SMILES string of the molecule is [Al+3].[Co+2].[Fe+2].[OH-].[OH-].[OH-].[OH-].[OH-].[OH-].[OH-]. The van der Waals surface area contributed by atoms with Gasteiger partial charge in [0.1, 0.15) is 0 Å². The van der Waals surface area contributed by atoms with Crippen LogP contribution in [0, 0.1) is 0 Å². The average molecular weight is 261 g/mol. The van der Waals surface area contributed by atoms with Crippen LogP contribution in [0.5, 0.6) is 0 Å². The molecule has 0 fully saturated rings. The molecular formula is H7AlCoFeO7. The normalized spacial score (nSPS) is 0. The van der Waals surface area contributed by atoms with Gasteiger partial charge in [-0.25, -0.2) is 0 Å². The minimum Gasteiger partial charge on any atom is -0.870 e. The third-order valence-corrected chi connectivity index (χ3v) is 0. The maximum Gasteiger partial charge on any atom is 3.00 e. The predicted octanol–water partition coefficient (Wildman–Crippen LogP) is -1.62. The molecule has 0 unspecified atom stereocenters. The molecule has 0 aromatic carbocycles. The summed E-state index contributed by atoms with van der Waals surface area (Å²) in [4.78, 5) is 0. The van der Waals surface area contributed by atoms with Crippen molar-refractivity contribution in [3.8, 4) is 0 Å². The van der Waals surface area contributed by atoms with E-state index in [4.69, 9.17) is 0 Å². The molecule has 0 heterocycles. The smallest absolute Gasteiger partial charge is 0.870 e. The van der Waals surface area contributed by atoms with Gasteiger partial charge in [0.15, 0.2) is 0 Å². The largest absolute Gasteiger partial charge is 3.00 e. The Bertz CT molecular complexity index is 13.6. The van der Waals surface area contributed by atoms with Crippen molar-refractivity contribution in [3.63, 3.8) is 0 Å². The summed E-state index contributed by atoms with van der Waals surface area (Å²) < 4.78 is 0. The third kappa shape index (κ3) is 389. The van der Waals surface area contributed by atoms with Gasteiger partial charge in [-0.15, -0.1) is 0 Å². The topological polar surface area (TPSA) is 210 Å². The van der Waals surface area contributed by atoms with Crippen LogP contribution in [-0.2, 0) is 33.8 Å². The Hall–Kier alpha value is 1.28. The van der Waals surface area contributed by atoms with Crippen LogP contribution in [0.3, 0.4) is 0 Å². The molecule has 0 saturated carbocycles. The van der Waals surface area contributed by atoms with Crippen molar-refractivity contribution < 1.29 is 72.2 Å². The van der Waals surface area contributed by atoms with Gasteiger partial charge < -0.3 is 38.3 Å². The van der Waals surface area contributed by atoms with Crippen molar-refractivity contribution in [2.45, 2.75) is 0 Å². The Kier molecular flexibility index (Phi) is 39500. The fraction of sp³-hybridized carbons (Fsp3) is 0. The molecule has 0 aliphatic carbocycles. The minimum atomic E-state index is 0. The van der Waals surface area contributed by atoms with Crippen LogP contribution in [0.15, 0.2) is 0 Å². The van der Waals surface area contributed by atoms with Crippen molar-refractivity contribution in [1.29, 1.82) is 0 Å². The minimum absolute atomic E-state index is 0. The summed E-state index contributed by atoms with van der Waals surface area (Å²) in [6, 6.07) is 0. The number of hydrogen-bond acceptors (Lipinski definition) is 7. The van der Waals surface area contributed by atoms with Crippen molar-refractivity contribution in [3.05, 3.63) is 0 Å². The van der Waals surface area contributed by atoms with Crippen LogP contribution in [0.25, 0.3) is 0 Å². The Morgan fingerprint density at radius 3 is 0.400 bits per heavy atom. The summed E-state index contributed by atoms with van der Waals surface area (Å²) >= 11 is 0. The van der Waals surface area contributed by atoms with E-state index in [1.54, 1.807) is 0 Å². The van der Waals surface area contributed by atoms with E-state index in [1.165, 1.54) is 0 Å². The summed E-state index contributed by atoms with van der Waals surface area (Å²) in [7, 11) is 0. The van der Waals surface area contributed by atoms with Crippen molar-refractivity contribution in [1.82, 2.24) is 0 Å². The summed E-state index contributed by atoms with van der Waals surface area (Å²) in [6.07, 6.45) is 0. The first-order valence-corrected chi connectivity index (χ1v) is 0. The van der Waals surface area contributed by atoms with Gasteiger partial charge in [0, 0.05) is 0 Å². The molecule has 0 spiro atoms. The van der Waals surface area contributed by atoms with Gasteiger partial charge in [0.05, 0.1) is 0 Å². The Morgan fingerprint density at radius 2 is 0.400 bits per heavy atom. The molecule has 0 aliphatic rings. The maximum absolute atomic E-state index is 0. The molecule has 10 heavy (non-hydrogen) atoms. The van der Waals surface area contributed by atoms with Gasteiger partial charge in [-0.3, -0.25) is 0 Å². The first-order valence-electron chi connectivity index (χ1n) is 0. The van der Waals surface area contributed by atoms with Crippen LogP contribution < -0.4 is 0 Å². The monoisotopic (exact) mass is 261 g/mol. The van der Waals surface area contributed by atoms with Crippen molar-refractivity contribution in [2.24, 2.45) is 0 Å². The fourth-order valence-corrected chi connectivity index (χ4v) is 0. The standard InChI is InChI=1S/Al.Co.Fe.7H2O/h;;;7*1H2/q+3;2*+2;;;;;;;/p-7. The fourth-order valence-electron chi connectivity index (χ4n) is 0. The molecule has 7 N–H and O–H groups in total. The van der Waals surface area contributed by atoms with E-state index >= 15 is 0 Å². The quantitative estimate of drug-likeness (QED) is 0.463. The van der Waals surface area contributed by atoms with Crippen molar-refractivity contribution in [2.75, 3.05) is 0 Å². The molecule has 10 heteroatoms. The second-order valence-electron chi connectivity index (χ2n) is 0. The average Bonchev–Trinajstić information content (AvgIpc) is 0. The van der Waals surface area contributed by atoms with E-state index in [0.29, 0.717) is 0 Å². The summed E-state index contributed by atoms with van der Waals surface area (Å²) in [5.74, 6) is 0. The van der Waals surface area contributed by atoms with Crippen LogP contribution in [0.4, 0.5) is 0 Å². The zero-order chi connectivity index (χ0) is 0. The summed E-state index contributed by atoms with van der Waals surface area (Å²) in [6.45, 7) is 0. The summed E-state index contributed by atoms with van der Waals surface area (Å²) in [5.41, 5.74) is 0. The molecular weight excluding hydrogens is 254 g/mol. The molecule has 7 nitrogen and oxygen atoms in total. The number of hydrogen-bond donors (Lipinski definition) is 0. The zero-order valence-electron chi connectivity index (χ0n) is 4.39. The van der Waals surface area contributed by atoms with E-state index in [1.807, 2.05) is 0 Å². The predicted molar refractivity (Wildman–Crippen MR) is 19.3 cm³/mol. The van der Waals surface area contributed by atoms with Crippen LogP contribution in [0.2, 0.25) is 0 Å². The molecule has 0 aliphatic heterocycles. The molecule has 0 amide bonds. The summed E-state index contributed by atoms with van der Waals surface area (Å²) in [5, 5.41) is 0. The van der Waals surface area contributed by atoms with Gasteiger partial charge in [0.2, 0.25) is 0 Å². The zero-order valence-corrected chi connectivity index (χ0v) is 7.69. The van der Waals surface area contributed by atoms with Gasteiger partial charge in [0.25, 0.3) is 0 Å². The molecule has 0 aromatic rings. The van der Waals surface area contributed by atoms with Crippen LogP contribution in [0.1, 0.15) is 0 Å². The second kappa shape index (κ2) is 541. The van der Waals surface area contributed by atoms with Gasteiger partial charge >= 0.3 is 51.2 Å². The van der Waals surface area contributed by atoms with Gasteiger partial charge in [-0.2, -0.15) is 0 Å². The van der Waals surface area contributed by atoms with E-state index in [2.05, 4.69) is 0 Å². The Labute approximate surface area is 89.5 Å². The molecule has 0 bridgehead atoms. The van der Waals surface area contributed by atoms with E-state index in [0.717, 1.165) is 0 Å². The van der Waals surface area contributed by atoms with Gasteiger partial charge in [-0.05, 0) is 0 Å². The first-order chi connectivity index (χ1) is 0.